The van der Waals surface area contributed by atoms with Gasteiger partial charge >= 0.3 is 6.09 Å². The van der Waals surface area contributed by atoms with Crippen molar-refractivity contribution in [1.29, 1.82) is 0 Å². The van der Waals surface area contributed by atoms with Gasteiger partial charge in [-0.15, -0.1) is 10.2 Å². The fraction of sp³-hybridized carbons (Fsp3) is 0.188. The van der Waals surface area contributed by atoms with Gasteiger partial charge in [0.25, 0.3) is 0 Å². The molecule has 7 nitrogen and oxygen atoms in total. The second-order valence-corrected chi connectivity index (χ2v) is 4.86. The van der Waals surface area contributed by atoms with Crippen LogP contribution in [0.2, 0.25) is 0 Å². The van der Waals surface area contributed by atoms with E-state index in [1.807, 2.05) is 31.2 Å². The zero-order valence-corrected chi connectivity index (χ0v) is 12.8. The number of nitrogens with one attached hydrogen (secondary N) is 1. The summed E-state index contributed by atoms with van der Waals surface area (Å²) in [6.07, 6.45) is 0.943. The van der Waals surface area contributed by atoms with Gasteiger partial charge in [0.05, 0.1) is 12.9 Å². The highest BCUT2D eigenvalue weighted by Crippen LogP contribution is 2.24. The standard InChI is InChI=1S/C16H16N4O3/c1-3-22-16(21)19-20-14(12-8-6-11(2)7-9-12)17-18-15(20)13-5-4-10-23-13/h4-10H,3H2,1-2H3,(H,19,21). The number of aromatic nitrogens is 3. The van der Waals surface area contributed by atoms with E-state index in [9.17, 15) is 4.79 Å². The van der Waals surface area contributed by atoms with Gasteiger partial charge < -0.3 is 9.15 Å². The zero-order valence-electron chi connectivity index (χ0n) is 12.8. The average molecular weight is 312 g/mol. The number of nitrogens with zero attached hydrogens (tertiary/aromatic N) is 3. The number of carbonyl (C=O) groups is 1. The van der Waals surface area contributed by atoms with Crippen molar-refractivity contribution in [2.45, 2.75) is 13.8 Å². The molecule has 2 aromatic heterocycles. The summed E-state index contributed by atoms with van der Waals surface area (Å²) in [6, 6.07) is 11.2. The number of carbonyl (C=O) groups excluding carboxylic acids is 1. The third-order valence-electron chi connectivity index (χ3n) is 3.19. The third kappa shape index (κ3) is 3.08. The van der Waals surface area contributed by atoms with Gasteiger partial charge in [0.1, 0.15) is 0 Å². The Hall–Kier alpha value is -3.09. The third-order valence-corrected chi connectivity index (χ3v) is 3.19. The number of aryl methyl sites for hydroxylation is 1. The average Bonchev–Trinajstić information content (AvgIpc) is 3.18. The Morgan fingerprint density at radius 3 is 2.61 bits per heavy atom. The van der Waals surface area contributed by atoms with Crippen molar-refractivity contribution >= 4 is 6.09 Å². The van der Waals surface area contributed by atoms with Gasteiger partial charge in [-0.3, -0.25) is 0 Å². The van der Waals surface area contributed by atoms with Crippen LogP contribution in [0.3, 0.4) is 0 Å². The van der Waals surface area contributed by atoms with Crippen LogP contribution in [0.5, 0.6) is 0 Å². The van der Waals surface area contributed by atoms with Crippen molar-refractivity contribution in [1.82, 2.24) is 14.9 Å². The summed E-state index contributed by atoms with van der Waals surface area (Å²) in [5.74, 6) is 1.37. The van der Waals surface area contributed by atoms with Crippen LogP contribution in [0, 0.1) is 6.92 Å². The molecule has 3 aromatic rings. The van der Waals surface area contributed by atoms with Gasteiger partial charge in [0.15, 0.2) is 11.6 Å². The van der Waals surface area contributed by atoms with E-state index in [0.717, 1.165) is 11.1 Å². The van der Waals surface area contributed by atoms with E-state index in [1.165, 1.54) is 10.9 Å². The summed E-state index contributed by atoms with van der Waals surface area (Å²) in [7, 11) is 0. The van der Waals surface area contributed by atoms with Crippen molar-refractivity contribution in [2.75, 3.05) is 12.0 Å². The molecule has 0 atom stereocenters. The molecule has 7 heteroatoms. The van der Waals surface area contributed by atoms with Crippen molar-refractivity contribution in [3.05, 3.63) is 48.2 Å². The summed E-state index contributed by atoms with van der Waals surface area (Å²) < 4.78 is 11.8. The molecule has 0 fully saturated rings. The maximum Gasteiger partial charge on any atom is 0.426 e. The molecule has 0 bridgehead atoms. The lowest BCUT2D eigenvalue weighted by atomic mass is 10.1. The molecule has 1 N–H and O–H groups in total. The fourth-order valence-electron chi connectivity index (χ4n) is 2.10. The lowest BCUT2D eigenvalue weighted by Gasteiger charge is -2.10. The van der Waals surface area contributed by atoms with Crippen LogP contribution < -0.4 is 5.43 Å². The molecule has 0 aliphatic heterocycles. The smallest absolute Gasteiger partial charge is 0.426 e. The largest absolute Gasteiger partial charge is 0.461 e. The second-order valence-electron chi connectivity index (χ2n) is 4.86. The van der Waals surface area contributed by atoms with E-state index >= 15 is 0 Å². The lowest BCUT2D eigenvalue weighted by molar-refractivity contribution is 0.164. The zero-order chi connectivity index (χ0) is 16.2. The molecule has 0 saturated carbocycles. The predicted molar refractivity (Wildman–Crippen MR) is 84.3 cm³/mol. The summed E-state index contributed by atoms with van der Waals surface area (Å²) in [5, 5.41) is 8.29. The first-order chi connectivity index (χ1) is 11.2. The summed E-state index contributed by atoms with van der Waals surface area (Å²) in [6.45, 7) is 4.00. The predicted octanol–water partition coefficient (Wildman–Crippen LogP) is 3.21. The van der Waals surface area contributed by atoms with Crippen molar-refractivity contribution < 1.29 is 13.9 Å². The van der Waals surface area contributed by atoms with Gasteiger partial charge in [0, 0.05) is 5.56 Å². The highest BCUT2D eigenvalue weighted by atomic mass is 16.6. The Kier molecular flexibility index (Phi) is 4.09. The van der Waals surface area contributed by atoms with Crippen molar-refractivity contribution in [3.8, 4) is 23.0 Å². The topological polar surface area (TPSA) is 82.2 Å². The first kappa shape index (κ1) is 14.8. The van der Waals surface area contributed by atoms with E-state index in [1.54, 1.807) is 19.1 Å². The van der Waals surface area contributed by atoms with Crippen LogP contribution in [0.15, 0.2) is 47.1 Å². The molecule has 23 heavy (non-hydrogen) atoms. The molecule has 2 heterocycles. The molecule has 0 unspecified atom stereocenters. The monoisotopic (exact) mass is 312 g/mol. The van der Waals surface area contributed by atoms with Gasteiger partial charge in [-0.2, -0.15) is 0 Å². The van der Waals surface area contributed by atoms with Crippen LogP contribution in [-0.4, -0.2) is 27.6 Å². The normalized spacial score (nSPS) is 10.5. The number of hydrogen-bond acceptors (Lipinski definition) is 5. The van der Waals surface area contributed by atoms with Crippen LogP contribution in [-0.2, 0) is 4.74 Å². The molecule has 0 aliphatic rings. The molecule has 1 amide bonds. The summed E-state index contributed by atoms with van der Waals surface area (Å²) in [4.78, 5) is 11.8. The Morgan fingerprint density at radius 2 is 1.96 bits per heavy atom. The lowest BCUT2D eigenvalue weighted by Crippen LogP contribution is -2.25. The minimum atomic E-state index is -0.589. The molecule has 0 spiro atoms. The van der Waals surface area contributed by atoms with Crippen molar-refractivity contribution in [2.24, 2.45) is 0 Å². The SMILES string of the molecule is CCOC(=O)Nn1c(-c2ccc(C)cc2)nnc1-c1ccco1. The quantitative estimate of drug-likeness (QED) is 0.800. The molecule has 118 valence electrons. The minimum Gasteiger partial charge on any atom is -0.461 e. The number of benzene rings is 1. The molecular formula is C16H16N4O3. The number of furan rings is 1. The molecule has 0 aliphatic carbocycles. The first-order valence-electron chi connectivity index (χ1n) is 7.19. The second kappa shape index (κ2) is 6.35. The minimum absolute atomic E-state index is 0.268. The van der Waals surface area contributed by atoms with E-state index < -0.39 is 6.09 Å². The number of amides is 1. The Morgan fingerprint density at radius 1 is 1.22 bits per heavy atom. The summed E-state index contributed by atoms with van der Waals surface area (Å²) in [5.41, 5.74) is 4.58. The maximum absolute atomic E-state index is 11.8. The molecule has 3 rings (SSSR count). The van der Waals surface area contributed by atoms with Crippen LogP contribution in [0.1, 0.15) is 12.5 Å². The van der Waals surface area contributed by atoms with Gasteiger partial charge in [-0.05, 0) is 26.0 Å². The van der Waals surface area contributed by atoms with Crippen LogP contribution >= 0.6 is 0 Å². The van der Waals surface area contributed by atoms with Crippen molar-refractivity contribution in [3.63, 3.8) is 0 Å². The maximum atomic E-state index is 11.8. The highest BCUT2D eigenvalue weighted by molar-refractivity contribution is 5.78. The summed E-state index contributed by atoms with van der Waals surface area (Å²) >= 11 is 0. The van der Waals surface area contributed by atoms with Crippen LogP contribution in [0.25, 0.3) is 23.0 Å². The number of ether oxygens (including phenoxy) is 1. The van der Waals surface area contributed by atoms with Gasteiger partial charge in [-0.1, -0.05) is 29.8 Å². The molecule has 0 radical (unpaired) electrons. The van der Waals surface area contributed by atoms with E-state index in [-0.39, 0.29) is 6.61 Å². The van der Waals surface area contributed by atoms with E-state index in [2.05, 4.69) is 15.6 Å². The Labute approximate surface area is 132 Å². The number of rotatable bonds is 4. The molecular weight excluding hydrogens is 296 g/mol. The Bertz CT molecular complexity index is 791. The molecule has 0 saturated heterocycles. The van der Waals surface area contributed by atoms with E-state index in [0.29, 0.717) is 17.4 Å². The molecule has 1 aromatic carbocycles. The first-order valence-corrected chi connectivity index (χ1v) is 7.19. The van der Waals surface area contributed by atoms with Gasteiger partial charge in [0.2, 0.25) is 5.82 Å². The van der Waals surface area contributed by atoms with Crippen LogP contribution in [0.4, 0.5) is 4.79 Å². The Balaban J connectivity index is 2.05. The number of hydrogen-bond donors (Lipinski definition) is 1. The highest BCUT2D eigenvalue weighted by Gasteiger charge is 2.19. The van der Waals surface area contributed by atoms with E-state index in [4.69, 9.17) is 9.15 Å². The fourth-order valence-corrected chi connectivity index (χ4v) is 2.10. The van der Waals surface area contributed by atoms with Gasteiger partial charge in [-0.25, -0.2) is 14.9 Å².